The molecule has 1 saturated heterocycles. The molecule has 2 heterocycles. The van der Waals surface area contributed by atoms with Gasteiger partial charge in [-0.2, -0.15) is 5.10 Å². The number of hydrogen-bond donors (Lipinski definition) is 1. The van der Waals surface area contributed by atoms with E-state index in [0.29, 0.717) is 11.8 Å². The number of carbonyl (C=O) groups excluding carboxylic acids is 1. The number of hydrogen-bond acceptors (Lipinski definition) is 4. The highest BCUT2D eigenvalue weighted by Crippen LogP contribution is 2.37. The Labute approximate surface area is 141 Å². The Morgan fingerprint density at radius 2 is 2.08 bits per heavy atom. The van der Waals surface area contributed by atoms with E-state index in [4.69, 9.17) is 4.74 Å². The fraction of sp³-hybridized carbons (Fsp3) is 0.500. The Hall–Kier alpha value is -2.37. The molecule has 6 heteroatoms. The summed E-state index contributed by atoms with van der Waals surface area (Å²) in [5.41, 5.74) is 0. The molecule has 126 valence electrons. The third-order valence-electron chi connectivity index (χ3n) is 4.72. The Morgan fingerprint density at radius 3 is 2.88 bits per heavy atom. The molecule has 6 nitrogen and oxygen atoms in total. The van der Waals surface area contributed by atoms with Crippen LogP contribution in [0.3, 0.4) is 0 Å². The van der Waals surface area contributed by atoms with Gasteiger partial charge in [0.05, 0.1) is 0 Å². The fourth-order valence-corrected chi connectivity index (χ4v) is 3.18. The van der Waals surface area contributed by atoms with Crippen molar-refractivity contribution < 1.29 is 9.53 Å². The summed E-state index contributed by atoms with van der Waals surface area (Å²) in [6.07, 6.45) is 4.30. The molecule has 0 radical (unpaired) electrons. The zero-order valence-electron chi connectivity index (χ0n) is 13.6. The van der Waals surface area contributed by atoms with Gasteiger partial charge in [0.25, 0.3) is 5.91 Å². The number of ether oxygens (including phenoxy) is 1. The average Bonchev–Trinajstić information content (AvgIpc) is 3.18. The standard InChI is InChI=1S/C18H22N4O2/c23-17(12-24-15-4-2-1-3-5-15)22-9-8-13(11-22)10-16-19-18(21-20-16)14-6-7-14/h1-5,13-14H,6-12H2,(H,19,20,21). The molecule has 0 spiro atoms. The lowest BCUT2D eigenvalue weighted by molar-refractivity contribution is -0.132. The molecule has 1 atom stereocenters. The zero-order chi connectivity index (χ0) is 16.4. The first-order chi connectivity index (χ1) is 11.8. The Bertz CT molecular complexity index is 696. The van der Waals surface area contributed by atoms with Crippen LogP contribution in [-0.4, -0.2) is 45.7 Å². The number of aromatic amines is 1. The molecule has 1 unspecified atom stereocenters. The molecule has 1 aromatic carbocycles. The minimum atomic E-state index is 0.0533. The second kappa shape index (κ2) is 6.63. The van der Waals surface area contributed by atoms with Gasteiger partial charge in [-0.3, -0.25) is 9.89 Å². The van der Waals surface area contributed by atoms with Gasteiger partial charge in [0.2, 0.25) is 0 Å². The highest BCUT2D eigenvalue weighted by molar-refractivity contribution is 5.78. The topological polar surface area (TPSA) is 71.1 Å². The van der Waals surface area contributed by atoms with Crippen LogP contribution in [0.2, 0.25) is 0 Å². The van der Waals surface area contributed by atoms with E-state index in [1.165, 1.54) is 12.8 Å². The summed E-state index contributed by atoms with van der Waals surface area (Å²) in [6.45, 7) is 1.67. The van der Waals surface area contributed by atoms with Crippen molar-refractivity contribution in [2.24, 2.45) is 5.92 Å². The lowest BCUT2D eigenvalue weighted by Crippen LogP contribution is -2.33. The Kier molecular flexibility index (Phi) is 4.19. The van der Waals surface area contributed by atoms with Gasteiger partial charge < -0.3 is 9.64 Å². The van der Waals surface area contributed by atoms with E-state index in [1.807, 2.05) is 35.2 Å². The lowest BCUT2D eigenvalue weighted by atomic mass is 10.1. The van der Waals surface area contributed by atoms with Crippen molar-refractivity contribution in [3.05, 3.63) is 42.0 Å². The lowest BCUT2D eigenvalue weighted by Gasteiger charge is -2.16. The van der Waals surface area contributed by atoms with Gasteiger partial charge in [0, 0.05) is 25.4 Å². The smallest absolute Gasteiger partial charge is 0.260 e. The molecule has 1 saturated carbocycles. The zero-order valence-corrected chi connectivity index (χ0v) is 13.6. The first kappa shape index (κ1) is 15.2. The van der Waals surface area contributed by atoms with Crippen LogP contribution in [0.4, 0.5) is 0 Å². The summed E-state index contributed by atoms with van der Waals surface area (Å²) in [5.74, 6) is 3.73. The Morgan fingerprint density at radius 1 is 1.25 bits per heavy atom. The van der Waals surface area contributed by atoms with Crippen LogP contribution < -0.4 is 4.74 Å². The molecule has 2 aromatic rings. The van der Waals surface area contributed by atoms with E-state index in [9.17, 15) is 4.79 Å². The minimum absolute atomic E-state index is 0.0533. The number of nitrogens with one attached hydrogen (secondary N) is 1. The van der Waals surface area contributed by atoms with Gasteiger partial charge >= 0.3 is 0 Å². The maximum Gasteiger partial charge on any atom is 0.260 e. The molecule has 1 aliphatic heterocycles. The molecule has 1 N–H and O–H groups in total. The molecular weight excluding hydrogens is 304 g/mol. The van der Waals surface area contributed by atoms with Gasteiger partial charge in [0.15, 0.2) is 12.4 Å². The maximum absolute atomic E-state index is 12.3. The minimum Gasteiger partial charge on any atom is -0.484 e. The van der Waals surface area contributed by atoms with E-state index in [-0.39, 0.29) is 12.5 Å². The SMILES string of the molecule is O=C(COc1ccccc1)N1CCC(Cc2nc(C3CC3)n[nH]2)C1. The van der Waals surface area contributed by atoms with E-state index in [2.05, 4.69) is 15.2 Å². The molecule has 1 aromatic heterocycles. The number of aromatic nitrogens is 3. The van der Waals surface area contributed by atoms with E-state index < -0.39 is 0 Å². The summed E-state index contributed by atoms with van der Waals surface area (Å²) in [4.78, 5) is 18.8. The predicted octanol–water partition coefficient (Wildman–Crippen LogP) is 2.15. The van der Waals surface area contributed by atoms with Crippen molar-refractivity contribution in [3.63, 3.8) is 0 Å². The van der Waals surface area contributed by atoms with E-state index in [0.717, 1.165) is 43.3 Å². The van der Waals surface area contributed by atoms with Crippen LogP contribution in [-0.2, 0) is 11.2 Å². The average molecular weight is 326 g/mol. The molecular formula is C18H22N4O2. The molecule has 2 fully saturated rings. The number of benzene rings is 1. The van der Waals surface area contributed by atoms with Crippen LogP contribution in [0, 0.1) is 5.92 Å². The molecule has 24 heavy (non-hydrogen) atoms. The van der Waals surface area contributed by atoms with Crippen LogP contribution in [0.5, 0.6) is 5.75 Å². The number of amides is 1. The summed E-state index contributed by atoms with van der Waals surface area (Å²) in [7, 11) is 0. The number of nitrogens with zero attached hydrogens (tertiary/aromatic N) is 3. The first-order valence-electron chi connectivity index (χ1n) is 8.65. The van der Waals surface area contributed by atoms with E-state index >= 15 is 0 Å². The normalized spacial score (nSPS) is 20.3. The summed E-state index contributed by atoms with van der Waals surface area (Å²) >= 11 is 0. The molecule has 2 aliphatic rings. The van der Waals surface area contributed by atoms with Crippen molar-refractivity contribution in [2.45, 2.75) is 31.6 Å². The third-order valence-corrected chi connectivity index (χ3v) is 4.72. The summed E-state index contributed by atoms with van der Waals surface area (Å²) < 4.78 is 5.55. The summed E-state index contributed by atoms with van der Waals surface area (Å²) in [5, 5.41) is 7.36. The number of likely N-dealkylation sites (tertiary alicyclic amines) is 1. The van der Waals surface area contributed by atoms with Gasteiger partial charge in [-0.1, -0.05) is 18.2 Å². The maximum atomic E-state index is 12.3. The predicted molar refractivity (Wildman–Crippen MR) is 88.7 cm³/mol. The van der Waals surface area contributed by atoms with E-state index in [1.54, 1.807) is 0 Å². The van der Waals surface area contributed by atoms with Crippen LogP contribution in [0.1, 0.15) is 36.8 Å². The van der Waals surface area contributed by atoms with Crippen LogP contribution in [0.15, 0.2) is 30.3 Å². The van der Waals surface area contributed by atoms with Gasteiger partial charge in [-0.25, -0.2) is 4.98 Å². The van der Waals surface area contributed by atoms with Crippen molar-refractivity contribution in [1.82, 2.24) is 20.1 Å². The first-order valence-corrected chi connectivity index (χ1v) is 8.65. The fourth-order valence-electron chi connectivity index (χ4n) is 3.18. The second-order valence-electron chi connectivity index (χ2n) is 6.71. The monoisotopic (exact) mass is 326 g/mol. The summed E-state index contributed by atoms with van der Waals surface area (Å²) in [6, 6.07) is 9.46. The van der Waals surface area contributed by atoms with Crippen molar-refractivity contribution in [3.8, 4) is 5.75 Å². The largest absolute Gasteiger partial charge is 0.484 e. The van der Waals surface area contributed by atoms with Crippen LogP contribution >= 0.6 is 0 Å². The Balaban J connectivity index is 1.25. The third kappa shape index (κ3) is 3.58. The van der Waals surface area contributed by atoms with Crippen molar-refractivity contribution >= 4 is 5.91 Å². The van der Waals surface area contributed by atoms with Gasteiger partial charge in [-0.05, 0) is 37.3 Å². The number of H-pyrrole nitrogens is 1. The van der Waals surface area contributed by atoms with Crippen LogP contribution in [0.25, 0.3) is 0 Å². The van der Waals surface area contributed by atoms with Gasteiger partial charge in [-0.15, -0.1) is 0 Å². The quantitative estimate of drug-likeness (QED) is 0.883. The molecule has 1 aliphatic carbocycles. The second-order valence-corrected chi connectivity index (χ2v) is 6.71. The highest BCUT2D eigenvalue weighted by atomic mass is 16.5. The molecule has 0 bridgehead atoms. The van der Waals surface area contributed by atoms with Crippen molar-refractivity contribution in [2.75, 3.05) is 19.7 Å². The number of rotatable bonds is 6. The molecule has 1 amide bonds. The number of carbonyl (C=O) groups is 1. The number of para-hydroxylation sites is 1. The highest BCUT2D eigenvalue weighted by Gasteiger charge is 2.30. The van der Waals surface area contributed by atoms with Gasteiger partial charge in [0.1, 0.15) is 11.6 Å². The molecule has 4 rings (SSSR count). The van der Waals surface area contributed by atoms with Crippen molar-refractivity contribution in [1.29, 1.82) is 0 Å².